The van der Waals surface area contributed by atoms with Crippen LogP contribution in [0.1, 0.15) is 56.9 Å². The van der Waals surface area contributed by atoms with Gasteiger partial charge in [0.1, 0.15) is 11.6 Å². The van der Waals surface area contributed by atoms with Crippen LogP contribution in [0, 0.1) is 34.9 Å². The summed E-state index contributed by atoms with van der Waals surface area (Å²) in [5, 5.41) is 19.7. The smallest absolute Gasteiger partial charge is 0.303 e. The summed E-state index contributed by atoms with van der Waals surface area (Å²) in [5.74, 6) is -6.78. The van der Waals surface area contributed by atoms with Crippen LogP contribution in [-0.2, 0) is 24.0 Å². The predicted molar refractivity (Wildman–Crippen MR) is 157 cm³/mol. The standard InChI is InChI=1S/C33H32ClFN2O7/c1-33-22(30(42)37(32(33)44)17-10-13-24(35)23(34)15-17)16-21-18(28(33)19-7-4-5-8-25(19)38)11-12-20-27(21)31(43)36(29(20)41)14-6-2-3-9-26(39)40/h4-5,7-8,10-11,13,15,20-22,27-28,38H,2-3,6,9,12,14,16H2,1H3,(H,39,40). The zero-order valence-electron chi connectivity index (χ0n) is 24.0. The number of aliphatic carboxylic acids is 1. The number of imide groups is 2. The highest BCUT2D eigenvalue weighted by Gasteiger charge is 2.67. The van der Waals surface area contributed by atoms with Gasteiger partial charge >= 0.3 is 5.97 Å². The van der Waals surface area contributed by atoms with E-state index < -0.39 is 58.6 Å². The van der Waals surface area contributed by atoms with Gasteiger partial charge in [-0.25, -0.2) is 9.29 Å². The van der Waals surface area contributed by atoms with E-state index in [1.165, 1.54) is 23.1 Å². The minimum Gasteiger partial charge on any atom is -0.508 e. The van der Waals surface area contributed by atoms with Crippen molar-refractivity contribution in [1.82, 2.24) is 4.90 Å². The number of phenols is 1. The number of carboxylic acid groups (broad SMARTS) is 1. The number of likely N-dealkylation sites (tertiary alicyclic amines) is 1. The molecular formula is C33H32ClFN2O7. The van der Waals surface area contributed by atoms with Crippen molar-refractivity contribution >= 4 is 46.9 Å². The van der Waals surface area contributed by atoms with Crippen LogP contribution in [-0.4, -0.2) is 51.3 Å². The first-order chi connectivity index (χ1) is 21.0. The van der Waals surface area contributed by atoms with Crippen LogP contribution in [0.25, 0.3) is 0 Å². The van der Waals surface area contributed by atoms with Crippen LogP contribution in [0.3, 0.4) is 0 Å². The number of carbonyl (C=O) groups excluding carboxylic acids is 4. The molecule has 44 heavy (non-hydrogen) atoms. The summed E-state index contributed by atoms with van der Waals surface area (Å²) in [5.41, 5.74) is -0.0201. The summed E-state index contributed by atoms with van der Waals surface area (Å²) in [6, 6.07) is 10.3. The van der Waals surface area contributed by atoms with Gasteiger partial charge in [-0.05, 0) is 62.8 Å². The Bertz CT molecular complexity index is 1620. The Morgan fingerprint density at radius 1 is 1.02 bits per heavy atom. The Balaban J connectivity index is 1.38. The summed E-state index contributed by atoms with van der Waals surface area (Å²) in [4.78, 5) is 69.0. The van der Waals surface area contributed by atoms with Crippen LogP contribution in [0.15, 0.2) is 54.1 Å². The number of nitrogens with zero attached hydrogens (tertiary/aromatic N) is 2. The van der Waals surface area contributed by atoms with Gasteiger partial charge in [0, 0.05) is 24.4 Å². The molecule has 9 nitrogen and oxygen atoms in total. The number of fused-ring (bicyclic) bond motifs is 4. The van der Waals surface area contributed by atoms with Crippen molar-refractivity contribution in [2.45, 2.75) is 51.4 Å². The molecule has 2 aromatic rings. The first-order valence-corrected chi connectivity index (χ1v) is 15.2. The lowest BCUT2D eigenvalue weighted by atomic mass is 9.51. The molecule has 6 unspecified atom stereocenters. The summed E-state index contributed by atoms with van der Waals surface area (Å²) in [6.07, 6.45) is 3.84. The number of phenolic OH excluding ortho intramolecular Hbond substituents is 1. The molecule has 2 aliphatic carbocycles. The highest BCUT2D eigenvalue weighted by Crippen LogP contribution is 2.64. The molecular weight excluding hydrogens is 591 g/mol. The molecule has 2 heterocycles. The fourth-order valence-corrected chi connectivity index (χ4v) is 8.14. The molecule has 2 saturated heterocycles. The second-order valence-electron chi connectivity index (χ2n) is 12.4. The maximum atomic E-state index is 14.3. The Labute approximate surface area is 258 Å². The summed E-state index contributed by atoms with van der Waals surface area (Å²) >= 11 is 6.03. The molecule has 4 amide bonds. The van der Waals surface area contributed by atoms with Gasteiger partial charge in [0.15, 0.2) is 0 Å². The van der Waals surface area contributed by atoms with Crippen molar-refractivity contribution in [3.8, 4) is 5.75 Å². The average molecular weight is 623 g/mol. The van der Waals surface area contributed by atoms with E-state index in [0.717, 1.165) is 16.5 Å². The molecule has 2 N–H and O–H groups in total. The number of amides is 4. The molecule has 0 radical (unpaired) electrons. The first kappa shape index (κ1) is 30.0. The van der Waals surface area contributed by atoms with E-state index in [9.17, 15) is 33.5 Å². The number of hydrogen-bond acceptors (Lipinski definition) is 6. The molecule has 6 atom stereocenters. The molecule has 0 spiro atoms. The van der Waals surface area contributed by atoms with Gasteiger partial charge in [0.25, 0.3) is 0 Å². The van der Waals surface area contributed by atoms with Gasteiger partial charge in [-0.2, -0.15) is 0 Å². The van der Waals surface area contributed by atoms with Crippen molar-refractivity contribution in [2.75, 3.05) is 11.4 Å². The van der Waals surface area contributed by atoms with Crippen LogP contribution in [0.5, 0.6) is 5.75 Å². The largest absolute Gasteiger partial charge is 0.508 e. The van der Waals surface area contributed by atoms with Crippen LogP contribution >= 0.6 is 11.6 Å². The molecule has 230 valence electrons. The number of aromatic hydroxyl groups is 1. The Hall–Kier alpha value is -4.05. The molecule has 2 aliphatic heterocycles. The van der Waals surface area contributed by atoms with E-state index >= 15 is 0 Å². The molecule has 11 heteroatoms. The normalized spacial score (nSPS) is 29.4. The second kappa shape index (κ2) is 11.1. The van der Waals surface area contributed by atoms with Gasteiger partial charge in [-0.3, -0.25) is 28.9 Å². The minimum atomic E-state index is -1.35. The summed E-state index contributed by atoms with van der Waals surface area (Å²) in [7, 11) is 0. The number of anilines is 1. The summed E-state index contributed by atoms with van der Waals surface area (Å²) < 4.78 is 14.0. The molecule has 2 aromatic carbocycles. The fourth-order valence-electron chi connectivity index (χ4n) is 7.97. The number of unbranched alkanes of at least 4 members (excludes halogenated alkanes) is 2. The van der Waals surface area contributed by atoms with E-state index in [-0.39, 0.29) is 54.1 Å². The maximum Gasteiger partial charge on any atom is 0.303 e. The van der Waals surface area contributed by atoms with Crippen LogP contribution in [0.4, 0.5) is 10.1 Å². The topological polar surface area (TPSA) is 132 Å². The third-order valence-electron chi connectivity index (χ3n) is 10.0. The quantitative estimate of drug-likeness (QED) is 0.239. The molecule has 3 fully saturated rings. The Kier molecular flexibility index (Phi) is 7.60. The van der Waals surface area contributed by atoms with Gasteiger partial charge < -0.3 is 10.2 Å². The van der Waals surface area contributed by atoms with E-state index in [2.05, 4.69) is 0 Å². The maximum absolute atomic E-state index is 14.3. The molecule has 6 rings (SSSR count). The zero-order valence-corrected chi connectivity index (χ0v) is 24.8. The number of para-hydroxylation sites is 1. The number of benzene rings is 2. The zero-order chi connectivity index (χ0) is 31.5. The lowest BCUT2D eigenvalue weighted by Crippen LogP contribution is -2.48. The van der Waals surface area contributed by atoms with Gasteiger partial charge in [0.2, 0.25) is 23.6 Å². The molecule has 0 aromatic heterocycles. The van der Waals surface area contributed by atoms with Gasteiger partial charge in [0.05, 0.1) is 33.9 Å². The van der Waals surface area contributed by atoms with E-state index in [0.29, 0.717) is 24.8 Å². The van der Waals surface area contributed by atoms with E-state index in [4.69, 9.17) is 16.7 Å². The number of carboxylic acids is 1. The van der Waals surface area contributed by atoms with Crippen molar-refractivity contribution in [2.24, 2.45) is 29.1 Å². The number of halogens is 2. The predicted octanol–water partition coefficient (Wildman–Crippen LogP) is 5.06. The van der Waals surface area contributed by atoms with Crippen molar-refractivity contribution in [1.29, 1.82) is 0 Å². The first-order valence-electron chi connectivity index (χ1n) is 14.8. The highest BCUT2D eigenvalue weighted by atomic mass is 35.5. The lowest BCUT2D eigenvalue weighted by molar-refractivity contribution is -0.141. The van der Waals surface area contributed by atoms with Crippen LogP contribution in [0.2, 0.25) is 5.02 Å². The number of hydrogen-bond donors (Lipinski definition) is 2. The van der Waals surface area contributed by atoms with Crippen LogP contribution < -0.4 is 4.90 Å². The minimum absolute atomic E-state index is 0.0181. The van der Waals surface area contributed by atoms with Gasteiger partial charge in [-0.1, -0.05) is 47.9 Å². The fraction of sp³-hybridized carbons (Fsp3) is 0.424. The van der Waals surface area contributed by atoms with Gasteiger partial charge in [-0.15, -0.1) is 0 Å². The van der Waals surface area contributed by atoms with Crippen molar-refractivity contribution in [3.05, 3.63) is 70.5 Å². The summed E-state index contributed by atoms with van der Waals surface area (Å²) in [6.45, 7) is 1.89. The Morgan fingerprint density at radius 2 is 1.77 bits per heavy atom. The number of rotatable bonds is 8. The highest BCUT2D eigenvalue weighted by molar-refractivity contribution is 6.31. The molecule has 1 saturated carbocycles. The molecule has 4 aliphatic rings. The Morgan fingerprint density at radius 3 is 2.48 bits per heavy atom. The number of allylic oxidation sites excluding steroid dienone is 2. The van der Waals surface area contributed by atoms with Crippen molar-refractivity contribution < 1.29 is 38.6 Å². The number of carbonyl (C=O) groups is 5. The molecule has 0 bridgehead atoms. The lowest BCUT2D eigenvalue weighted by Gasteiger charge is -2.49. The van der Waals surface area contributed by atoms with Crippen molar-refractivity contribution in [3.63, 3.8) is 0 Å². The average Bonchev–Trinajstić information content (AvgIpc) is 3.34. The SMILES string of the molecule is CC12C(=O)N(c3ccc(F)c(Cl)c3)C(=O)C1CC1C(=CCC3C(=O)N(CCCCCC(=O)O)C(=O)C31)C2c1ccccc1O. The third kappa shape index (κ3) is 4.53. The monoisotopic (exact) mass is 622 g/mol. The van der Waals surface area contributed by atoms with E-state index in [1.807, 2.05) is 6.08 Å². The second-order valence-corrected chi connectivity index (χ2v) is 12.8. The van der Waals surface area contributed by atoms with E-state index in [1.54, 1.807) is 25.1 Å². The third-order valence-corrected chi connectivity index (χ3v) is 10.3.